The number of carbonyl (C=O) groups is 1. The molecule has 0 N–H and O–H groups in total. The Balaban J connectivity index is 2.03. The minimum absolute atomic E-state index is 0.0929. The number of hydrogen-bond acceptors (Lipinski definition) is 3. The minimum Gasteiger partial charge on any atom is -0.338 e. The van der Waals surface area contributed by atoms with Crippen LogP contribution in [0.1, 0.15) is 54.4 Å². The maximum absolute atomic E-state index is 13.2. The number of carbonyl (C=O) groups excluding carboxylic acids is 1. The summed E-state index contributed by atoms with van der Waals surface area (Å²) in [5.74, 6) is 0.654. The molecule has 124 valence electrons. The summed E-state index contributed by atoms with van der Waals surface area (Å²) in [5.41, 5.74) is 3.24. The van der Waals surface area contributed by atoms with Gasteiger partial charge in [-0.1, -0.05) is 19.8 Å². The van der Waals surface area contributed by atoms with E-state index in [4.69, 9.17) is 0 Å². The van der Waals surface area contributed by atoms with Gasteiger partial charge in [0.15, 0.2) is 5.65 Å². The second kappa shape index (κ2) is 5.95. The van der Waals surface area contributed by atoms with Crippen LogP contribution >= 0.6 is 0 Å². The van der Waals surface area contributed by atoms with E-state index in [1.165, 1.54) is 19.3 Å². The Morgan fingerprint density at radius 1 is 1.30 bits per heavy atom. The fraction of sp³-hybridized carbons (Fsp3) is 0.611. The highest BCUT2D eigenvalue weighted by atomic mass is 16.2. The molecule has 1 amide bonds. The van der Waals surface area contributed by atoms with E-state index in [0.29, 0.717) is 12.0 Å². The summed E-state index contributed by atoms with van der Waals surface area (Å²) < 4.78 is 1.76. The molecule has 0 aromatic carbocycles. The van der Waals surface area contributed by atoms with Crippen LogP contribution in [0.2, 0.25) is 0 Å². The van der Waals surface area contributed by atoms with Crippen molar-refractivity contribution in [3.05, 3.63) is 23.0 Å². The van der Waals surface area contributed by atoms with Gasteiger partial charge in [-0.25, -0.2) is 4.98 Å². The summed E-state index contributed by atoms with van der Waals surface area (Å²) in [4.78, 5) is 19.7. The molecule has 0 spiro atoms. The zero-order valence-electron chi connectivity index (χ0n) is 14.8. The van der Waals surface area contributed by atoms with Gasteiger partial charge in [-0.05, 0) is 38.7 Å². The zero-order chi connectivity index (χ0) is 16.7. The van der Waals surface area contributed by atoms with Crippen LogP contribution in [-0.2, 0) is 7.05 Å². The van der Waals surface area contributed by atoms with Crippen molar-refractivity contribution in [1.82, 2.24) is 19.7 Å². The average molecular weight is 314 g/mol. The van der Waals surface area contributed by atoms with Gasteiger partial charge in [-0.2, -0.15) is 5.10 Å². The molecule has 0 aliphatic heterocycles. The Kier molecular flexibility index (Phi) is 4.13. The quantitative estimate of drug-likeness (QED) is 0.855. The summed E-state index contributed by atoms with van der Waals surface area (Å²) in [6, 6.07) is 2.24. The van der Waals surface area contributed by atoms with Crippen molar-refractivity contribution in [2.24, 2.45) is 13.0 Å². The molecule has 2 atom stereocenters. The summed E-state index contributed by atoms with van der Waals surface area (Å²) in [6.45, 7) is 6.14. The van der Waals surface area contributed by atoms with Crippen LogP contribution in [0.4, 0.5) is 0 Å². The highest BCUT2D eigenvalue weighted by Gasteiger charge is 2.30. The van der Waals surface area contributed by atoms with E-state index >= 15 is 0 Å². The van der Waals surface area contributed by atoms with E-state index < -0.39 is 0 Å². The van der Waals surface area contributed by atoms with Crippen molar-refractivity contribution in [2.75, 3.05) is 7.05 Å². The molecule has 0 radical (unpaired) electrons. The van der Waals surface area contributed by atoms with E-state index in [1.54, 1.807) is 4.68 Å². The lowest BCUT2D eigenvalue weighted by Gasteiger charge is -2.36. The molecular formula is C18H26N4O. The van der Waals surface area contributed by atoms with E-state index in [0.717, 1.165) is 34.4 Å². The molecule has 2 heterocycles. The van der Waals surface area contributed by atoms with Crippen molar-refractivity contribution >= 4 is 16.9 Å². The lowest BCUT2D eigenvalue weighted by Crippen LogP contribution is -2.42. The van der Waals surface area contributed by atoms with Crippen LogP contribution in [0.25, 0.3) is 11.0 Å². The second-order valence-electron chi connectivity index (χ2n) is 6.96. The normalized spacial score (nSPS) is 21.6. The van der Waals surface area contributed by atoms with Gasteiger partial charge >= 0.3 is 0 Å². The van der Waals surface area contributed by atoms with Gasteiger partial charge in [0.1, 0.15) is 0 Å². The standard InChI is InChI=1S/C18H26N4O/c1-11-8-6-7-9-15(11)21(4)18(23)14-10-12(2)19-17-16(14)13(3)20-22(17)5/h10-11,15H,6-9H2,1-5H3. The smallest absolute Gasteiger partial charge is 0.254 e. The monoisotopic (exact) mass is 314 g/mol. The average Bonchev–Trinajstić information content (AvgIpc) is 2.80. The maximum atomic E-state index is 13.2. The maximum Gasteiger partial charge on any atom is 0.254 e. The third kappa shape index (κ3) is 2.73. The van der Waals surface area contributed by atoms with Gasteiger partial charge in [-0.3, -0.25) is 9.48 Å². The largest absolute Gasteiger partial charge is 0.338 e. The lowest BCUT2D eigenvalue weighted by atomic mass is 9.85. The zero-order valence-corrected chi connectivity index (χ0v) is 14.8. The van der Waals surface area contributed by atoms with Crippen LogP contribution in [0.15, 0.2) is 6.07 Å². The first-order chi connectivity index (χ1) is 10.9. The molecule has 3 rings (SSSR count). The third-order valence-electron chi connectivity index (χ3n) is 5.21. The summed E-state index contributed by atoms with van der Waals surface area (Å²) in [6.07, 6.45) is 4.80. The number of aromatic nitrogens is 3. The molecule has 1 saturated carbocycles. The molecule has 2 aromatic heterocycles. The predicted molar refractivity (Wildman–Crippen MR) is 91.5 cm³/mol. The Hall–Kier alpha value is -1.91. The first-order valence-corrected chi connectivity index (χ1v) is 8.48. The lowest BCUT2D eigenvalue weighted by molar-refractivity contribution is 0.0630. The first-order valence-electron chi connectivity index (χ1n) is 8.48. The van der Waals surface area contributed by atoms with Crippen molar-refractivity contribution in [3.63, 3.8) is 0 Å². The molecule has 5 heteroatoms. The minimum atomic E-state index is 0.0929. The van der Waals surface area contributed by atoms with Crippen LogP contribution in [0.5, 0.6) is 0 Å². The van der Waals surface area contributed by atoms with Crippen molar-refractivity contribution in [2.45, 2.75) is 52.5 Å². The second-order valence-corrected chi connectivity index (χ2v) is 6.96. The molecule has 5 nitrogen and oxygen atoms in total. The predicted octanol–water partition coefficient (Wildman–Crippen LogP) is 3.24. The Labute approximate surface area is 137 Å². The van der Waals surface area contributed by atoms with E-state index in [9.17, 15) is 4.79 Å². The number of pyridine rings is 1. The molecule has 1 aliphatic rings. The van der Waals surface area contributed by atoms with Crippen molar-refractivity contribution in [1.29, 1.82) is 0 Å². The number of nitrogens with zero attached hydrogens (tertiary/aromatic N) is 4. The third-order valence-corrected chi connectivity index (χ3v) is 5.21. The van der Waals surface area contributed by atoms with Gasteiger partial charge < -0.3 is 4.90 Å². The molecule has 2 aromatic rings. The molecule has 0 bridgehead atoms. The fourth-order valence-electron chi connectivity index (χ4n) is 3.95. The van der Waals surface area contributed by atoms with Gasteiger partial charge in [0.25, 0.3) is 5.91 Å². The first kappa shape index (κ1) is 16.0. The van der Waals surface area contributed by atoms with Crippen LogP contribution in [0, 0.1) is 19.8 Å². The summed E-state index contributed by atoms with van der Waals surface area (Å²) >= 11 is 0. The van der Waals surface area contributed by atoms with Gasteiger partial charge in [0.2, 0.25) is 0 Å². The van der Waals surface area contributed by atoms with Crippen LogP contribution < -0.4 is 0 Å². The molecule has 23 heavy (non-hydrogen) atoms. The Morgan fingerprint density at radius 2 is 2.00 bits per heavy atom. The molecule has 2 unspecified atom stereocenters. The Morgan fingerprint density at radius 3 is 2.70 bits per heavy atom. The van der Waals surface area contributed by atoms with Crippen molar-refractivity contribution in [3.8, 4) is 0 Å². The van der Waals surface area contributed by atoms with Crippen molar-refractivity contribution < 1.29 is 4.79 Å². The highest BCUT2D eigenvalue weighted by Crippen LogP contribution is 2.30. The van der Waals surface area contributed by atoms with E-state index in [1.807, 2.05) is 38.9 Å². The highest BCUT2D eigenvalue weighted by molar-refractivity contribution is 6.06. The summed E-state index contributed by atoms with van der Waals surface area (Å²) in [5, 5.41) is 5.33. The number of hydrogen-bond donors (Lipinski definition) is 0. The molecule has 1 fully saturated rings. The SMILES string of the molecule is Cc1cc(C(=O)N(C)C2CCCCC2C)c2c(C)nn(C)c2n1. The van der Waals surface area contributed by atoms with Crippen LogP contribution in [-0.4, -0.2) is 38.7 Å². The number of amides is 1. The number of rotatable bonds is 2. The fourth-order valence-corrected chi connectivity index (χ4v) is 3.95. The summed E-state index contributed by atoms with van der Waals surface area (Å²) in [7, 11) is 3.82. The molecule has 1 aliphatic carbocycles. The number of aryl methyl sites for hydroxylation is 3. The topological polar surface area (TPSA) is 51.0 Å². The Bertz CT molecular complexity index is 749. The van der Waals surface area contributed by atoms with Crippen LogP contribution in [0.3, 0.4) is 0 Å². The van der Waals surface area contributed by atoms with Gasteiger partial charge in [0.05, 0.1) is 16.6 Å². The molecule has 0 saturated heterocycles. The van der Waals surface area contributed by atoms with E-state index in [2.05, 4.69) is 17.0 Å². The number of fused-ring (bicyclic) bond motifs is 1. The van der Waals surface area contributed by atoms with E-state index in [-0.39, 0.29) is 5.91 Å². The molecular weight excluding hydrogens is 288 g/mol. The van der Waals surface area contributed by atoms with Gasteiger partial charge in [-0.15, -0.1) is 0 Å². The van der Waals surface area contributed by atoms with Gasteiger partial charge in [0, 0.05) is 25.8 Å².